The van der Waals surface area contributed by atoms with Crippen molar-refractivity contribution in [3.05, 3.63) is 137 Å². The molecule has 6 rings (SSSR count). The molecule has 0 aliphatic heterocycles. The van der Waals surface area contributed by atoms with E-state index in [-0.39, 0.29) is 0 Å². The molecule has 0 saturated carbocycles. The van der Waals surface area contributed by atoms with Crippen molar-refractivity contribution >= 4 is 22.3 Å². The minimum atomic E-state index is -5.39. The third-order valence-corrected chi connectivity index (χ3v) is 58.5. The van der Waals surface area contributed by atoms with E-state index in [0.29, 0.717) is 7.25 Å². The molecule has 0 bridgehead atoms. The molecule has 0 nitrogen and oxygen atoms in total. The van der Waals surface area contributed by atoms with Crippen LogP contribution in [0.15, 0.2) is 115 Å². The summed E-state index contributed by atoms with van der Waals surface area (Å²) in [5, 5.41) is 0. The molecular weight excluding hydrogens is 600 g/mol. The van der Waals surface area contributed by atoms with Gasteiger partial charge in [0.1, 0.15) is 0 Å². The maximum absolute atomic E-state index is 5.39. The van der Waals surface area contributed by atoms with Crippen molar-refractivity contribution in [1.29, 1.82) is 0 Å². The van der Waals surface area contributed by atoms with E-state index in [1.165, 1.54) is 56.2 Å². The third-order valence-electron chi connectivity index (χ3n) is 12.8. The van der Waals surface area contributed by atoms with Gasteiger partial charge in [-0.2, -0.15) is 0 Å². The van der Waals surface area contributed by atoms with E-state index in [2.05, 4.69) is 154 Å². The van der Waals surface area contributed by atoms with Crippen LogP contribution in [0.2, 0.25) is 12.9 Å². The minimum absolute atomic E-state index is 0.374. The van der Waals surface area contributed by atoms with E-state index in [9.17, 15) is 0 Å². The number of unbranched alkanes of at least 4 members (excludes halogenated alkanes) is 2. The molecule has 0 fully saturated rings. The quantitative estimate of drug-likeness (QED) is 0.150. The third kappa shape index (κ3) is 3.74. The predicted molar refractivity (Wildman–Crippen MR) is 186 cm³/mol. The van der Waals surface area contributed by atoms with Gasteiger partial charge in [-0.1, -0.05) is 0 Å². The van der Waals surface area contributed by atoms with Gasteiger partial charge in [0.25, 0.3) is 0 Å². The van der Waals surface area contributed by atoms with Crippen molar-refractivity contribution in [2.24, 2.45) is 0 Å². The molecular formula is C40H48SiZr. The fraction of sp³-hybridized carbons (Fsp3) is 0.300. The van der Waals surface area contributed by atoms with Crippen LogP contribution in [0.25, 0.3) is 23.3 Å². The summed E-state index contributed by atoms with van der Waals surface area (Å²) >= 11 is -5.39. The van der Waals surface area contributed by atoms with Crippen molar-refractivity contribution in [1.82, 2.24) is 0 Å². The number of hydrogen-bond acceptors (Lipinski definition) is 0. The summed E-state index contributed by atoms with van der Waals surface area (Å²) in [6.07, 6.45) is 12.7. The molecule has 2 atom stereocenters. The summed E-state index contributed by atoms with van der Waals surface area (Å²) in [6, 6.07) is 39.7. The Morgan fingerprint density at radius 3 is 1.95 bits per heavy atom. The van der Waals surface area contributed by atoms with E-state index in [1.54, 1.807) is 20.0 Å². The first-order valence-corrected chi connectivity index (χ1v) is 32.3. The van der Waals surface area contributed by atoms with Crippen LogP contribution in [0.1, 0.15) is 76.0 Å². The Morgan fingerprint density at radius 1 is 0.690 bits per heavy atom. The van der Waals surface area contributed by atoms with E-state index in [1.807, 2.05) is 0 Å². The zero-order chi connectivity index (χ0) is 29.5. The second kappa shape index (κ2) is 9.73. The first kappa shape index (κ1) is 29.5. The van der Waals surface area contributed by atoms with Gasteiger partial charge in [0.05, 0.1) is 0 Å². The Kier molecular flexibility index (Phi) is 6.84. The number of allylic oxidation sites excluding steroid dienone is 2. The fourth-order valence-corrected chi connectivity index (χ4v) is 55.7. The van der Waals surface area contributed by atoms with Crippen LogP contribution in [0.4, 0.5) is 0 Å². The molecule has 42 heavy (non-hydrogen) atoms. The normalized spacial score (nSPS) is 20.1. The second-order valence-electron chi connectivity index (χ2n) is 15.4. The predicted octanol–water partition coefficient (Wildman–Crippen LogP) is 10.7. The summed E-state index contributed by atoms with van der Waals surface area (Å²) in [5.74, 6) is 0. The molecule has 0 N–H and O–H groups in total. The van der Waals surface area contributed by atoms with Crippen molar-refractivity contribution in [2.45, 2.75) is 66.6 Å². The van der Waals surface area contributed by atoms with Crippen LogP contribution < -0.4 is 3.27 Å². The van der Waals surface area contributed by atoms with Gasteiger partial charge in [0, 0.05) is 0 Å². The monoisotopic (exact) mass is 646 g/mol. The Hall–Kier alpha value is -2.54. The van der Waals surface area contributed by atoms with Crippen LogP contribution in [-0.2, 0) is 14.4 Å². The van der Waals surface area contributed by atoms with Gasteiger partial charge < -0.3 is 0 Å². The molecule has 2 unspecified atom stereocenters. The number of hydrogen-bond donors (Lipinski definition) is 0. The molecule has 0 radical (unpaired) electrons. The molecule has 0 heterocycles. The topological polar surface area (TPSA) is 0 Å². The van der Waals surface area contributed by atoms with E-state index in [4.69, 9.17) is 0 Å². The molecule has 0 aromatic heterocycles. The van der Waals surface area contributed by atoms with Crippen LogP contribution >= 0.6 is 0 Å². The Bertz CT molecular complexity index is 1830. The number of benzene rings is 4. The van der Waals surface area contributed by atoms with E-state index in [0.717, 1.165) is 0 Å². The molecule has 2 aliphatic carbocycles. The molecule has 4 aromatic carbocycles. The maximum atomic E-state index is 2.96. The SMILES string of the molecule is CCC[CH2][Zr]([CH3])(=[SiH2])([CH2]CCC)([c]1ccccc1)([CH]1C=Cc2c(-c3ccccc3)cccc21)[CH]1C(C)=Cc2ccccc21. The summed E-state index contributed by atoms with van der Waals surface area (Å²) in [7, 11) is 0. The van der Waals surface area contributed by atoms with Crippen molar-refractivity contribution in [3.63, 3.8) is 0 Å². The van der Waals surface area contributed by atoms with Crippen molar-refractivity contribution in [3.8, 4) is 11.1 Å². The second-order valence-corrected chi connectivity index (χ2v) is 63.1. The van der Waals surface area contributed by atoms with Gasteiger partial charge >= 0.3 is 251 Å². The first-order valence-electron chi connectivity index (χ1n) is 16.3. The number of fused-ring (bicyclic) bond motifs is 2. The molecule has 2 heteroatoms. The van der Waals surface area contributed by atoms with Gasteiger partial charge in [-0.05, 0) is 0 Å². The summed E-state index contributed by atoms with van der Waals surface area (Å²) < 4.78 is 8.02. The molecule has 4 aromatic rings. The molecule has 2 aliphatic rings. The Labute approximate surface area is 249 Å². The van der Waals surface area contributed by atoms with Gasteiger partial charge in [-0.25, -0.2) is 0 Å². The summed E-state index contributed by atoms with van der Waals surface area (Å²) in [5.41, 5.74) is 10.3. The van der Waals surface area contributed by atoms with Gasteiger partial charge in [0.15, 0.2) is 0 Å². The average molecular weight is 648 g/mol. The Morgan fingerprint density at radius 2 is 1.29 bits per heavy atom. The molecule has 0 amide bonds. The molecule has 0 spiro atoms. The van der Waals surface area contributed by atoms with Gasteiger partial charge in [0.2, 0.25) is 0 Å². The zero-order valence-electron chi connectivity index (χ0n) is 26.2. The van der Waals surface area contributed by atoms with Crippen LogP contribution in [0, 0.1) is 0 Å². The van der Waals surface area contributed by atoms with Gasteiger partial charge in [-0.15, -0.1) is 0 Å². The van der Waals surface area contributed by atoms with E-state index >= 15 is 0 Å². The van der Waals surface area contributed by atoms with Crippen LogP contribution in [0.3, 0.4) is 0 Å². The first-order chi connectivity index (χ1) is 20.2. The standard InChI is InChI=1S/C15H11.C10H9.C6H5.2C4H9.CH3.H2Si.Zr/c1-2-6-12(7-3-1)14-10-4-8-13-9-5-11-15(13)14;1-8-6-9-4-2-3-5-10(9)7-8;1-2-4-6-5-3-1;2*1-3-4-2;;;/h1-11H;2-7H,1H3;1-5H;2*1,3-4H2,2H3;1H3;1H2;. The van der Waals surface area contributed by atoms with Crippen molar-refractivity contribution in [2.75, 3.05) is 0 Å². The van der Waals surface area contributed by atoms with Crippen LogP contribution in [0.5, 0.6) is 0 Å². The average Bonchev–Trinajstić information content (AvgIpc) is 3.63. The summed E-state index contributed by atoms with van der Waals surface area (Å²) in [6.45, 7) is 9.86. The van der Waals surface area contributed by atoms with E-state index < -0.39 is 14.4 Å². The zero-order valence-corrected chi connectivity index (χ0v) is 30.0. The molecule has 216 valence electrons. The Balaban J connectivity index is 1.82. The molecule has 0 saturated heterocycles. The fourth-order valence-electron chi connectivity index (χ4n) is 10.8. The summed E-state index contributed by atoms with van der Waals surface area (Å²) in [4.78, 5) is 0. The number of rotatable bonds is 10. The van der Waals surface area contributed by atoms with Crippen LogP contribution in [-0.4, -0.2) is 6.88 Å². The van der Waals surface area contributed by atoms with Crippen molar-refractivity contribution < 1.29 is 14.4 Å². The van der Waals surface area contributed by atoms with Gasteiger partial charge in [-0.3, -0.25) is 0 Å².